The van der Waals surface area contributed by atoms with Crippen LogP contribution in [0.4, 0.5) is 5.69 Å². The van der Waals surface area contributed by atoms with E-state index in [1.165, 1.54) is 36.0 Å². The molecule has 0 aliphatic carbocycles. The third kappa shape index (κ3) is 6.96. The molecule has 0 saturated carbocycles. The summed E-state index contributed by atoms with van der Waals surface area (Å²) in [5.74, 6) is -1.71. The van der Waals surface area contributed by atoms with Crippen molar-refractivity contribution in [3.63, 3.8) is 0 Å². The molecule has 42 heavy (non-hydrogen) atoms. The molecular weight excluding hydrogens is 620 g/mol. The Kier molecular flexibility index (Phi) is 8.85. The first-order valence-corrected chi connectivity index (χ1v) is 14.3. The van der Waals surface area contributed by atoms with Crippen molar-refractivity contribution < 1.29 is 29.3 Å². The third-order valence-corrected chi connectivity index (χ3v) is 7.76. The van der Waals surface area contributed by atoms with Crippen LogP contribution in [0.15, 0.2) is 111 Å². The van der Waals surface area contributed by atoms with E-state index in [2.05, 4.69) is 15.9 Å². The van der Waals surface area contributed by atoms with Crippen LogP contribution >= 0.6 is 27.7 Å². The minimum atomic E-state index is -1.02. The van der Waals surface area contributed by atoms with Gasteiger partial charge in [0, 0.05) is 10.0 Å². The molecule has 1 heterocycles. The average Bonchev–Trinajstić information content (AvgIpc) is 3.26. The van der Waals surface area contributed by atoms with Gasteiger partial charge in [0.1, 0.15) is 12.4 Å². The summed E-state index contributed by atoms with van der Waals surface area (Å²) >= 11 is 4.74. The molecule has 1 saturated heterocycles. The van der Waals surface area contributed by atoms with Gasteiger partial charge in [-0.25, -0.2) is 14.6 Å². The number of carbonyl (C=O) groups excluding carboxylic acids is 1. The number of hydrogen-bond acceptors (Lipinski definition) is 6. The largest absolute Gasteiger partial charge is 0.488 e. The van der Waals surface area contributed by atoms with Gasteiger partial charge in [-0.05, 0) is 83.6 Å². The SMILES string of the molecule is O=C(O)c1ccc(COc2ccc(Br)cc2/C=C2\SC(=Nc3ccccc3)N(Cc3ccc(C(=O)O)cc3)C2=O)cc1. The maximum Gasteiger partial charge on any atom is 0.335 e. The van der Waals surface area contributed by atoms with Crippen LogP contribution in [-0.4, -0.2) is 38.1 Å². The lowest BCUT2D eigenvalue weighted by Gasteiger charge is -2.16. The van der Waals surface area contributed by atoms with E-state index in [1.807, 2.05) is 42.5 Å². The minimum Gasteiger partial charge on any atom is -0.488 e. The van der Waals surface area contributed by atoms with Crippen LogP contribution < -0.4 is 4.74 Å². The molecule has 4 aromatic rings. The van der Waals surface area contributed by atoms with Crippen LogP contribution in [0, 0.1) is 0 Å². The predicted octanol–water partition coefficient (Wildman–Crippen LogP) is 7.23. The highest BCUT2D eigenvalue weighted by Gasteiger charge is 2.34. The number of carboxylic acid groups (broad SMARTS) is 2. The van der Waals surface area contributed by atoms with Gasteiger partial charge in [-0.3, -0.25) is 9.69 Å². The van der Waals surface area contributed by atoms with Gasteiger partial charge in [-0.1, -0.05) is 58.4 Å². The van der Waals surface area contributed by atoms with Gasteiger partial charge in [0.05, 0.1) is 28.3 Å². The number of aromatic carboxylic acids is 2. The lowest BCUT2D eigenvalue weighted by Crippen LogP contribution is -2.28. The highest BCUT2D eigenvalue weighted by Crippen LogP contribution is 2.37. The summed E-state index contributed by atoms with van der Waals surface area (Å²) in [4.78, 5) is 42.9. The number of hydrogen-bond donors (Lipinski definition) is 2. The number of amidine groups is 1. The molecule has 8 nitrogen and oxygen atoms in total. The van der Waals surface area contributed by atoms with Crippen molar-refractivity contribution in [3.05, 3.63) is 134 Å². The molecule has 1 amide bonds. The lowest BCUT2D eigenvalue weighted by atomic mass is 10.1. The van der Waals surface area contributed by atoms with Crippen LogP contribution in [-0.2, 0) is 17.9 Å². The highest BCUT2D eigenvalue weighted by molar-refractivity contribution is 9.10. The van der Waals surface area contributed by atoms with E-state index in [1.54, 1.807) is 41.3 Å². The van der Waals surface area contributed by atoms with E-state index in [0.29, 0.717) is 27.1 Å². The summed E-state index contributed by atoms with van der Waals surface area (Å²) < 4.78 is 6.88. The predicted molar refractivity (Wildman–Crippen MR) is 165 cm³/mol. The molecule has 0 radical (unpaired) electrons. The number of ether oxygens (including phenoxy) is 1. The maximum absolute atomic E-state index is 13.7. The Morgan fingerprint density at radius 1 is 0.857 bits per heavy atom. The normalized spacial score (nSPS) is 14.9. The van der Waals surface area contributed by atoms with Gasteiger partial charge in [0.15, 0.2) is 5.17 Å². The molecule has 1 aliphatic rings. The monoisotopic (exact) mass is 642 g/mol. The molecule has 0 atom stereocenters. The molecule has 5 rings (SSSR count). The third-order valence-electron chi connectivity index (χ3n) is 6.26. The van der Waals surface area contributed by atoms with Gasteiger partial charge in [0.2, 0.25) is 0 Å². The Hall–Kier alpha value is -4.67. The molecule has 2 N–H and O–H groups in total. The highest BCUT2D eigenvalue weighted by atomic mass is 79.9. The van der Waals surface area contributed by atoms with Crippen LogP contribution in [0.3, 0.4) is 0 Å². The van der Waals surface area contributed by atoms with Crippen LogP contribution in [0.25, 0.3) is 6.08 Å². The summed E-state index contributed by atoms with van der Waals surface area (Å²) in [7, 11) is 0. The molecular formula is C32H23BrN2O6S. The van der Waals surface area contributed by atoms with Gasteiger partial charge < -0.3 is 14.9 Å². The number of aliphatic imine (C=N–C) groups is 1. The number of nitrogens with zero attached hydrogens (tertiary/aromatic N) is 2. The fourth-order valence-corrected chi connectivity index (χ4v) is 5.46. The van der Waals surface area contributed by atoms with E-state index in [0.717, 1.165) is 15.6 Å². The Morgan fingerprint density at radius 2 is 1.48 bits per heavy atom. The van der Waals surface area contributed by atoms with Crippen molar-refractivity contribution >= 4 is 62.5 Å². The van der Waals surface area contributed by atoms with E-state index in [9.17, 15) is 19.5 Å². The van der Waals surface area contributed by atoms with Crippen molar-refractivity contribution in [3.8, 4) is 5.75 Å². The minimum absolute atomic E-state index is 0.166. The first-order chi connectivity index (χ1) is 20.3. The van der Waals surface area contributed by atoms with Crippen molar-refractivity contribution in [1.29, 1.82) is 0 Å². The second-order valence-electron chi connectivity index (χ2n) is 9.21. The number of benzene rings is 4. The average molecular weight is 644 g/mol. The fraction of sp³-hybridized carbons (Fsp3) is 0.0625. The van der Waals surface area contributed by atoms with Crippen molar-refractivity contribution in [2.75, 3.05) is 0 Å². The second-order valence-corrected chi connectivity index (χ2v) is 11.1. The maximum atomic E-state index is 13.7. The number of halogens is 1. The Labute approximate surface area is 254 Å². The van der Waals surface area contributed by atoms with E-state index in [-0.39, 0.29) is 30.2 Å². The molecule has 0 bridgehead atoms. The topological polar surface area (TPSA) is 116 Å². The van der Waals surface area contributed by atoms with Crippen molar-refractivity contribution in [1.82, 2.24) is 4.90 Å². The van der Waals surface area contributed by atoms with E-state index in [4.69, 9.17) is 14.8 Å². The van der Waals surface area contributed by atoms with Crippen molar-refractivity contribution in [2.24, 2.45) is 4.99 Å². The number of amides is 1. The lowest BCUT2D eigenvalue weighted by molar-refractivity contribution is -0.122. The Balaban J connectivity index is 1.43. The summed E-state index contributed by atoms with van der Waals surface area (Å²) in [6.45, 7) is 0.418. The standard InChI is InChI=1S/C32H23BrN2O6S/c33-25-14-15-27(41-19-21-8-12-23(13-9-21)31(39)40)24(16-25)17-28-29(36)35(18-20-6-10-22(11-7-20)30(37)38)32(42-28)34-26-4-2-1-3-5-26/h1-17H,18-19H2,(H,37,38)(H,39,40)/b28-17-,34-32?. The van der Waals surface area contributed by atoms with Crippen LogP contribution in [0.2, 0.25) is 0 Å². The number of carbonyl (C=O) groups is 3. The summed E-state index contributed by atoms with van der Waals surface area (Å²) in [5.41, 5.74) is 3.29. The van der Waals surface area contributed by atoms with Gasteiger partial charge in [0.25, 0.3) is 5.91 Å². The molecule has 10 heteroatoms. The molecule has 210 valence electrons. The molecule has 4 aromatic carbocycles. The molecule has 0 spiro atoms. The fourth-order valence-electron chi connectivity index (χ4n) is 4.09. The number of thioether (sulfide) groups is 1. The van der Waals surface area contributed by atoms with Crippen molar-refractivity contribution in [2.45, 2.75) is 13.2 Å². The number of para-hydroxylation sites is 1. The molecule has 0 aromatic heterocycles. The van der Waals surface area contributed by atoms with Gasteiger partial charge in [-0.15, -0.1) is 0 Å². The summed E-state index contributed by atoms with van der Waals surface area (Å²) in [5, 5.41) is 18.9. The molecule has 0 unspecified atom stereocenters. The Bertz CT molecular complexity index is 1700. The zero-order valence-corrected chi connectivity index (χ0v) is 24.3. The van der Waals surface area contributed by atoms with E-state index >= 15 is 0 Å². The van der Waals surface area contributed by atoms with Crippen LogP contribution in [0.5, 0.6) is 5.75 Å². The van der Waals surface area contributed by atoms with E-state index < -0.39 is 11.9 Å². The smallest absolute Gasteiger partial charge is 0.335 e. The first kappa shape index (κ1) is 28.8. The second kappa shape index (κ2) is 12.9. The molecule has 1 aliphatic heterocycles. The summed E-state index contributed by atoms with van der Waals surface area (Å²) in [6, 6.07) is 27.7. The van der Waals surface area contributed by atoms with Gasteiger partial charge in [-0.2, -0.15) is 0 Å². The van der Waals surface area contributed by atoms with Gasteiger partial charge >= 0.3 is 11.9 Å². The Morgan fingerprint density at radius 3 is 2.10 bits per heavy atom. The first-order valence-electron chi connectivity index (χ1n) is 12.7. The number of carboxylic acids is 2. The summed E-state index contributed by atoms with van der Waals surface area (Å²) in [6.07, 6.45) is 1.76. The zero-order chi connectivity index (χ0) is 29.6. The quantitative estimate of drug-likeness (QED) is 0.185. The zero-order valence-electron chi connectivity index (χ0n) is 21.9. The van der Waals surface area contributed by atoms with Crippen LogP contribution in [0.1, 0.15) is 37.4 Å². The molecule has 1 fully saturated rings. The number of rotatable bonds is 9.